The van der Waals surface area contributed by atoms with Crippen molar-refractivity contribution in [2.24, 2.45) is 0 Å². The Balaban J connectivity index is 2.13. The van der Waals surface area contributed by atoms with Crippen LogP contribution in [0.1, 0.15) is 21.7 Å². The van der Waals surface area contributed by atoms with E-state index in [1.807, 2.05) is 6.92 Å². The molecule has 0 aliphatic rings. The van der Waals surface area contributed by atoms with Crippen LogP contribution in [0, 0.1) is 6.92 Å². The second kappa shape index (κ2) is 6.01. The van der Waals surface area contributed by atoms with E-state index in [9.17, 15) is 4.79 Å². The lowest BCUT2D eigenvalue weighted by molar-refractivity contribution is 0.0602. The van der Waals surface area contributed by atoms with Gasteiger partial charge in [0, 0.05) is 6.20 Å². The second-order valence-electron chi connectivity index (χ2n) is 4.26. The summed E-state index contributed by atoms with van der Waals surface area (Å²) in [6.07, 6.45) is 3.40. The van der Waals surface area contributed by atoms with Crippen molar-refractivity contribution in [3.05, 3.63) is 47.5 Å². The molecule has 0 fully saturated rings. The third kappa shape index (κ3) is 3.03. The van der Waals surface area contributed by atoms with Crippen LogP contribution in [0.4, 0.5) is 11.4 Å². The highest BCUT2D eigenvalue weighted by atomic mass is 16.5. The van der Waals surface area contributed by atoms with E-state index in [2.05, 4.69) is 20.0 Å². The van der Waals surface area contributed by atoms with Crippen molar-refractivity contribution in [1.82, 2.24) is 9.97 Å². The third-order valence-electron chi connectivity index (χ3n) is 2.81. The number of methoxy groups -OCH3 is 1. The first-order valence-corrected chi connectivity index (χ1v) is 6.10. The first kappa shape index (κ1) is 13.8. The number of esters is 1. The van der Waals surface area contributed by atoms with Crippen molar-refractivity contribution in [3.63, 3.8) is 0 Å². The van der Waals surface area contributed by atoms with Gasteiger partial charge in [-0.15, -0.1) is 0 Å². The van der Waals surface area contributed by atoms with E-state index in [0.717, 1.165) is 11.4 Å². The van der Waals surface area contributed by atoms with Gasteiger partial charge < -0.3 is 15.8 Å². The number of nitrogens with two attached hydrogens (primary N) is 1. The molecule has 0 radical (unpaired) electrons. The van der Waals surface area contributed by atoms with E-state index in [1.54, 1.807) is 30.6 Å². The van der Waals surface area contributed by atoms with Crippen LogP contribution in [-0.2, 0) is 11.3 Å². The van der Waals surface area contributed by atoms with Crippen LogP contribution in [0.3, 0.4) is 0 Å². The van der Waals surface area contributed by atoms with Crippen LogP contribution < -0.4 is 11.1 Å². The van der Waals surface area contributed by atoms with Crippen molar-refractivity contribution in [1.29, 1.82) is 0 Å². The molecule has 6 heteroatoms. The van der Waals surface area contributed by atoms with E-state index in [4.69, 9.17) is 5.73 Å². The Morgan fingerprint density at radius 3 is 2.80 bits per heavy atom. The van der Waals surface area contributed by atoms with Gasteiger partial charge in [-0.3, -0.25) is 9.97 Å². The number of para-hydroxylation sites is 1. The van der Waals surface area contributed by atoms with E-state index in [0.29, 0.717) is 23.5 Å². The Labute approximate surface area is 117 Å². The Morgan fingerprint density at radius 1 is 1.35 bits per heavy atom. The van der Waals surface area contributed by atoms with Crippen LogP contribution in [0.25, 0.3) is 0 Å². The molecule has 0 bridgehead atoms. The van der Waals surface area contributed by atoms with Crippen molar-refractivity contribution in [2.75, 3.05) is 18.2 Å². The molecule has 0 aliphatic heterocycles. The van der Waals surface area contributed by atoms with Gasteiger partial charge in [0.2, 0.25) is 0 Å². The maximum Gasteiger partial charge on any atom is 0.340 e. The smallest absolute Gasteiger partial charge is 0.340 e. The molecule has 0 spiro atoms. The lowest BCUT2D eigenvalue weighted by Crippen LogP contribution is -2.10. The Hall–Kier alpha value is -2.63. The zero-order valence-electron chi connectivity index (χ0n) is 11.4. The first-order valence-electron chi connectivity index (χ1n) is 6.10. The predicted molar refractivity (Wildman–Crippen MR) is 76.3 cm³/mol. The standard InChI is InChI=1S/C14H16N4O2/c1-9-6-17-10(7-16-9)8-18-12-5-3-4-11(13(12)15)14(19)20-2/h3-7,18H,8,15H2,1-2H3. The lowest BCUT2D eigenvalue weighted by atomic mass is 10.1. The molecule has 0 saturated carbocycles. The molecule has 1 heterocycles. The third-order valence-corrected chi connectivity index (χ3v) is 2.81. The number of rotatable bonds is 4. The Morgan fingerprint density at radius 2 is 2.15 bits per heavy atom. The van der Waals surface area contributed by atoms with Crippen LogP contribution in [0.5, 0.6) is 0 Å². The SMILES string of the molecule is COC(=O)c1cccc(NCc2cnc(C)cn2)c1N. The number of hydrogen-bond donors (Lipinski definition) is 2. The number of aromatic nitrogens is 2. The molecule has 0 unspecified atom stereocenters. The topological polar surface area (TPSA) is 90.1 Å². The number of nitrogens with one attached hydrogen (secondary N) is 1. The number of ether oxygens (including phenoxy) is 1. The molecule has 2 rings (SSSR count). The van der Waals surface area contributed by atoms with Gasteiger partial charge in [0.1, 0.15) is 0 Å². The molecule has 0 saturated heterocycles. The number of nitrogens with zero attached hydrogens (tertiary/aromatic N) is 2. The van der Waals surface area contributed by atoms with Gasteiger partial charge in [0.05, 0.1) is 48.2 Å². The van der Waals surface area contributed by atoms with Crippen molar-refractivity contribution in [2.45, 2.75) is 13.5 Å². The molecule has 6 nitrogen and oxygen atoms in total. The molecule has 1 aromatic heterocycles. The molecule has 0 atom stereocenters. The van der Waals surface area contributed by atoms with Gasteiger partial charge in [0.15, 0.2) is 0 Å². The molecular weight excluding hydrogens is 256 g/mol. The van der Waals surface area contributed by atoms with Gasteiger partial charge in [-0.2, -0.15) is 0 Å². The number of carbonyl (C=O) groups is 1. The molecule has 0 aliphatic carbocycles. The van der Waals surface area contributed by atoms with Crippen LogP contribution in [0.2, 0.25) is 0 Å². The average Bonchev–Trinajstić information content (AvgIpc) is 2.47. The van der Waals surface area contributed by atoms with Crippen LogP contribution >= 0.6 is 0 Å². The highest BCUT2D eigenvalue weighted by molar-refractivity contribution is 5.98. The summed E-state index contributed by atoms with van der Waals surface area (Å²) >= 11 is 0. The molecule has 20 heavy (non-hydrogen) atoms. The Kier molecular flexibility index (Phi) is 4.14. The van der Waals surface area contributed by atoms with E-state index >= 15 is 0 Å². The number of hydrogen-bond acceptors (Lipinski definition) is 6. The molecular formula is C14H16N4O2. The summed E-state index contributed by atoms with van der Waals surface area (Å²) in [5.74, 6) is -0.457. The molecule has 0 amide bonds. The summed E-state index contributed by atoms with van der Waals surface area (Å²) in [5, 5.41) is 3.13. The molecule has 3 N–H and O–H groups in total. The fourth-order valence-electron chi connectivity index (χ4n) is 1.70. The van der Waals surface area contributed by atoms with Gasteiger partial charge in [-0.25, -0.2) is 4.79 Å². The maximum absolute atomic E-state index is 11.5. The largest absolute Gasteiger partial charge is 0.465 e. The number of carbonyl (C=O) groups excluding carboxylic acids is 1. The highest BCUT2D eigenvalue weighted by Crippen LogP contribution is 2.23. The molecule has 2 aromatic rings. The van der Waals surface area contributed by atoms with Gasteiger partial charge >= 0.3 is 5.97 Å². The fraction of sp³-hybridized carbons (Fsp3) is 0.214. The molecule has 104 valence electrons. The Bertz CT molecular complexity index is 611. The summed E-state index contributed by atoms with van der Waals surface area (Å²) in [6, 6.07) is 5.16. The van der Waals surface area contributed by atoms with Crippen LogP contribution in [0.15, 0.2) is 30.6 Å². The normalized spacial score (nSPS) is 10.1. The van der Waals surface area contributed by atoms with E-state index in [1.165, 1.54) is 7.11 Å². The predicted octanol–water partition coefficient (Wildman–Crippen LogP) is 1.77. The summed E-state index contributed by atoms with van der Waals surface area (Å²) in [7, 11) is 1.32. The van der Waals surface area contributed by atoms with Gasteiger partial charge in [0.25, 0.3) is 0 Å². The minimum atomic E-state index is -0.457. The summed E-state index contributed by atoms with van der Waals surface area (Å²) < 4.78 is 4.68. The summed E-state index contributed by atoms with van der Waals surface area (Å²) in [5.41, 5.74) is 8.96. The zero-order chi connectivity index (χ0) is 14.5. The first-order chi connectivity index (χ1) is 9.61. The summed E-state index contributed by atoms with van der Waals surface area (Å²) in [4.78, 5) is 20.0. The number of anilines is 2. The van der Waals surface area contributed by atoms with Gasteiger partial charge in [-0.1, -0.05) is 6.07 Å². The zero-order valence-corrected chi connectivity index (χ0v) is 11.4. The number of nitrogen functional groups attached to an aromatic ring is 1. The second-order valence-corrected chi connectivity index (χ2v) is 4.26. The fourth-order valence-corrected chi connectivity index (χ4v) is 1.70. The quantitative estimate of drug-likeness (QED) is 0.651. The molecule has 1 aromatic carbocycles. The minimum Gasteiger partial charge on any atom is -0.465 e. The highest BCUT2D eigenvalue weighted by Gasteiger charge is 2.12. The number of benzene rings is 1. The number of aryl methyl sites for hydroxylation is 1. The summed E-state index contributed by atoms with van der Waals surface area (Å²) in [6.45, 7) is 2.35. The van der Waals surface area contributed by atoms with Crippen molar-refractivity contribution >= 4 is 17.3 Å². The maximum atomic E-state index is 11.5. The van der Waals surface area contributed by atoms with Crippen LogP contribution in [-0.4, -0.2) is 23.0 Å². The lowest BCUT2D eigenvalue weighted by Gasteiger charge is -2.11. The van der Waals surface area contributed by atoms with E-state index in [-0.39, 0.29) is 0 Å². The monoisotopic (exact) mass is 272 g/mol. The van der Waals surface area contributed by atoms with Crippen molar-refractivity contribution in [3.8, 4) is 0 Å². The minimum absolute atomic E-state index is 0.340. The van der Waals surface area contributed by atoms with E-state index < -0.39 is 5.97 Å². The average molecular weight is 272 g/mol. The van der Waals surface area contributed by atoms with Gasteiger partial charge in [-0.05, 0) is 19.1 Å². The van der Waals surface area contributed by atoms with Crippen molar-refractivity contribution < 1.29 is 9.53 Å².